The number of phosphoric ester groups is 1. The molecule has 0 rings (SSSR count). The Labute approximate surface area is 354 Å². The van der Waals surface area contributed by atoms with E-state index >= 15 is 0 Å². The Morgan fingerprint density at radius 1 is 0.552 bits per heavy atom. The molecule has 2 atom stereocenters. The topological polar surface area (TPSA) is 108 Å². The van der Waals surface area contributed by atoms with Crippen molar-refractivity contribution in [2.24, 2.45) is 0 Å². The van der Waals surface area contributed by atoms with Crippen molar-refractivity contribution in [2.45, 2.75) is 161 Å². The summed E-state index contributed by atoms with van der Waals surface area (Å²) in [7, 11) is 1.42. The van der Waals surface area contributed by atoms with E-state index < -0.39 is 32.5 Å². The third-order valence-electron chi connectivity index (χ3n) is 8.91. The number of carbonyl (C=O) groups excluding carboxylic acids is 2. The first kappa shape index (κ1) is 55.2. The maximum absolute atomic E-state index is 12.7. The van der Waals surface area contributed by atoms with Crippen molar-refractivity contribution in [1.82, 2.24) is 0 Å². The summed E-state index contributed by atoms with van der Waals surface area (Å²) >= 11 is 0. The standard InChI is InChI=1S/C48H82NO8P/c1-6-8-10-12-14-16-18-20-22-24-26-28-30-32-34-36-38-40-47(50)54-44-46(45-56-58(52,53)55-43-42-49(3,4)5)57-48(51)41-39-37-35-33-31-29-27-25-23-21-19-17-15-13-11-9-7-2/h9,11,14-17,20-23,27,29,33,35,46H,6-8,10,12-13,18-19,24-26,28,30-32,34,36-45H2,1-5H3/p+1/b11-9-,16-14-,17-15-,22-20-,23-21-,29-27-,35-33-/t46-/m1/s1. The summed E-state index contributed by atoms with van der Waals surface area (Å²) in [5, 5.41) is 0. The smallest absolute Gasteiger partial charge is 0.462 e. The third-order valence-corrected chi connectivity index (χ3v) is 9.89. The lowest BCUT2D eigenvalue weighted by atomic mass is 10.1. The van der Waals surface area contributed by atoms with Crippen LogP contribution in [-0.4, -0.2) is 74.9 Å². The molecule has 0 spiro atoms. The van der Waals surface area contributed by atoms with E-state index in [-0.39, 0.29) is 26.1 Å². The second-order valence-corrected chi connectivity index (χ2v) is 17.1. The summed E-state index contributed by atoms with van der Waals surface area (Å²) in [4.78, 5) is 35.4. The maximum atomic E-state index is 12.7. The van der Waals surface area contributed by atoms with E-state index in [0.29, 0.717) is 23.9 Å². The number of carbonyl (C=O) groups is 2. The van der Waals surface area contributed by atoms with E-state index in [4.69, 9.17) is 18.5 Å². The van der Waals surface area contributed by atoms with Gasteiger partial charge in [0, 0.05) is 12.8 Å². The van der Waals surface area contributed by atoms with Crippen molar-refractivity contribution in [3.63, 3.8) is 0 Å². The molecule has 0 bridgehead atoms. The Bertz CT molecular complexity index is 1260. The fourth-order valence-corrected chi connectivity index (χ4v) is 6.17. The van der Waals surface area contributed by atoms with Crippen LogP contribution in [0.1, 0.15) is 155 Å². The molecule has 332 valence electrons. The lowest BCUT2D eigenvalue weighted by Crippen LogP contribution is -2.37. The number of hydrogen-bond acceptors (Lipinski definition) is 7. The van der Waals surface area contributed by atoms with E-state index in [9.17, 15) is 19.0 Å². The van der Waals surface area contributed by atoms with Crippen LogP contribution in [0.2, 0.25) is 0 Å². The predicted octanol–water partition coefficient (Wildman–Crippen LogP) is 12.8. The highest BCUT2D eigenvalue weighted by atomic mass is 31.2. The molecule has 9 nitrogen and oxygen atoms in total. The van der Waals surface area contributed by atoms with Crippen molar-refractivity contribution in [3.05, 3.63) is 85.1 Å². The molecule has 0 aliphatic rings. The monoisotopic (exact) mass is 833 g/mol. The molecule has 0 heterocycles. The Morgan fingerprint density at radius 3 is 1.52 bits per heavy atom. The summed E-state index contributed by atoms with van der Waals surface area (Å²) in [6.45, 7) is 4.19. The van der Waals surface area contributed by atoms with Crippen LogP contribution >= 0.6 is 7.82 Å². The van der Waals surface area contributed by atoms with Crippen LogP contribution in [0, 0.1) is 0 Å². The maximum Gasteiger partial charge on any atom is 0.472 e. The molecule has 0 saturated carbocycles. The van der Waals surface area contributed by atoms with E-state index in [2.05, 4.69) is 92.8 Å². The van der Waals surface area contributed by atoms with Gasteiger partial charge in [0.05, 0.1) is 27.7 Å². The highest BCUT2D eigenvalue weighted by molar-refractivity contribution is 7.47. The molecule has 0 fully saturated rings. The number of ether oxygens (including phenoxy) is 2. The van der Waals surface area contributed by atoms with E-state index in [1.54, 1.807) is 0 Å². The number of phosphoric acid groups is 1. The van der Waals surface area contributed by atoms with Crippen LogP contribution in [-0.2, 0) is 32.7 Å². The van der Waals surface area contributed by atoms with Crippen LogP contribution in [0.3, 0.4) is 0 Å². The summed E-state index contributed by atoms with van der Waals surface area (Å²) in [6.07, 6.45) is 50.6. The van der Waals surface area contributed by atoms with Crippen molar-refractivity contribution < 1.29 is 42.1 Å². The first-order valence-corrected chi connectivity index (χ1v) is 23.8. The number of nitrogens with zero attached hydrogens (tertiary/aromatic N) is 1. The zero-order valence-electron chi connectivity index (χ0n) is 37.2. The largest absolute Gasteiger partial charge is 0.472 e. The van der Waals surface area contributed by atoms with Gasteiger partial charge in [-0.25, -0.2) is 4.57 Å². The van der Waals surface area contributed by atoms with Crippen molar-refractivity contribution >= 4 is 19.8 Å². The van der Waals surface area contributed by atoms with Crippen LogP contribution in [0.5, 0.6) is 0 Å². The second kappa shape index (κ2) is 39.6. The zero-order chi connectivity index (χ0) is 42.8. The average molecular weight is 833 g/mol. The average Bonchev–Trinajstić information content (AvgIpc) is 3.17. The van der Waals surface area contributed by atoms with Crippen LogP contribution in [0.15, 0.2) is 85.1 Å². The molecule has 1 unspecified atom stereocenters. The molecule has 0 aromatic carbocycles. The van der Waals surface area contributed by atoms with E-state index in [1.807, 2.05) is 27.2 Å². The molecule has 0 amide bonds. The van der Waals surface area contributed by atoms with E-state index in [1.165, 1.54) is 44.9 Å². The van der Waals surface area contributed by atoms with Gasteiger partial charge in [-0.15, -0.1) is 0 Å². The molecule has 0 aromatic heterocycles. The van der Waals surface area contributed by atoms with Gasteiger partial charge in [0.2, 0.25) is 0 Å². The number of esters is 2. The summed E-state index contributed by atoms with van der Waals surface area (Å²) < 4.78 is 34.2. The van der Waals surface area contributed by atoms with Crippen molar-refractivity contribution in [2.75, 3.05) is 47.5 Å². The highest BCUT2D eigenvalue weighted by Crippen LogP contribution is 2.43. The molecule has 0 aliphatic carbocycles. The van der Waals surface area contributed by atoms with Gasteiger partial charge in [-0.2, -0.15) is 0 Å². The number of likely N-dealkylation sites (N-methyl/N-ethyl adjacent to an activating group) is 1. The molecule has 10 heteroatoms. The fraction of sp³-hybridized carbons (Fsp3) is 0.667. The van der Waals surface area contributed by atoms with Gasteiger partial charge in [0.25, 0.3) is 0 Å². The molecular weight excluding hydrogens is 750 g/mol. The highest BCUT2D eigenvalue weighted by Gasteiger charge is 2.27. The van der Waals surface area contributed by atoms with Crippen molar-refractivity contribution in [3.8, 4) is 0 Å². The molecule has 0 aromatic rings. The lowest BCUT2D eigenvalue weighted by molar-refractivity contribution is -0.870. The molecular formula is C48H83NO8P+. The van der Waals surface area contributed by atoms with Crippen LogP contribution in [0.25, 0.3) is 0 Å². The van der Waals surface area contributed by atoms with Crippen molar-refractivity contribution in [1.29, 1.82) is 0 Å². The number of allylic oxidation sites excluding steroid dienone is 14. The van der Waals surface area contributed by atoms with Gasteiger partial charge in [0.1, 0.15) is 19.8 Å². The number of rotatable bonds is 39. The molecule has 58 heavy (non-hydrogen) atoms. The van der Waals surface area contributed by atoms with E-state index in [0.717, 1.165) is 70.6 Å². The minimum Gasteiger partial charge on any atom is -0.462 e. The summed E-state index contributed by atoms with van der Waals surface area (Å²) in [6, 6.07) is 0. The minimum absolute atomic E-state index is 0.0151. The molecule has 0 aliphatic heterocycles. The first-order valence-electron chi connectivity index (χ1n) is 22.3. The van der Waals surface area contributed by atoms with Gasteiger partial charge in [-0.1, -0.05) is 144 Å². The third kappa shape index (κ3) is 42.8. The minimum atomic E-state index is -4.40. The number of unbranched alkanes of at least 4 members (excludes halogenated alkanes) is 11. The predicted molar refractivity (Wildman–Crippen MR) is 242 cm³/mol. The second-order valence-electron chi connectivity index (χ2n) is 15.7. The lowest BCUT2D eigenvalue weighted by Gasteiger charge is -2.24. The Hall–Kier alpha value is -2.81. The quantitative estimate of drug-likeness (QED) is 0.0214. The van der Waals surface area contributed by atoms with Gasteiger partial charge >= 0.3 is 19.8 Å². The van der Waals surface area contributed by atoms with Crippen LogP contribution < -0.4 is 0 Å². The molecule has 0 saturated heterocycles. The number of hydrogen-bond donors (Lipinski definition) is 1. The zero-order valence-corrected chi connectivity index (χ0v) is 38.1. The Morgan fingerprint density at radius 2 is 1.00 bits per heavy atom. The molecule has 0 radical (unpaired) electrons. The SMILES string of the molecule is CC/C=C\C/C=C\C/C=C\C/C=C\C/C=C\CCCC(=O)O[C@H](COC(=O)CCCCCCCCC/C=C\C/C=C\CCCCC)COP(=O)(O)OCC[N+](C)(C)C. The van der Waals surface area contributed by atoms with Gasteiger partial charge in [0.15, 0.2) is 6.10 Å². The first-order chi connectivity index (χ1) is 28.0. The Kier molecular flexibility index (Phi) is 37.7. The van der Waals surface area contributed by atoms with Gasteiger partial charge < -0.3 is 18.9 Å². The molecule has 1 N–H and O–H groups in total. The normalized spacial score (nSPS) is 14.4. The van der Waals surface area contributed by atoms with Gasteiger partial charge in [-0.05, 0) is 83.5 Å². The fourth-order valence-electron chi connectivity index (χ4n) is 5.43. The number of quaternary nitrogens is 1. The summed E-state index contributed by atoms with van der Waals surface area (Å²) in [5.41, 5.74) is 0. The van der Waals surface area contributed by atoms with Crippen LogP contribution in [0.4, 0.5) is 0 Å². The van der Waals surface area contributed by atoms with Gasteiger partial charge in [-0.3, -0.25) is 18.6 Å². The Balaban J connectivity index is 4.48. The summed E-state index contributed by atoms with van der Waals surface area (Å²) in [5.74, 6) is -0.884.